The molecular formula is C20H17F3N4O. The molecule has 0 atom stereocenters. The zero-order chi connectivity index (χ0) is 20.3. The number of carbonyl (C=O) groups is 1. The van der Waals surface area contributed by atoms with E-state index < -0.39 is 17.6 Å². The van der Waals surface area contributed by atoms with Crippen molar-refractivity contribution < 1.29 is 18.0 Å². The molecule has 0 saturated heterocycles. The first kappa shape index (κ1) is 19.3. The largest absolute Gasteiger partial charge is 0.418 e. The Balaban J connectivity index is 1.92. The van der Waals surface area contributed by atoms with Gasteiger partial charge in [-0.2, -0.15) is 13.2 Å². The van der Waals surface area contributed by atoms with Crippen molar-refractivity contribution in [1.29, 1.82) is 0 Å². The Kier molecular flexibility index (Phi) is 5.30. The second kappa shape index (κ2) is 7.67. The van der Waals surface area contributed by atoms with Gasteiger partial charge in [0.1, 0.15) is 5.69 Å². The predicted molar refractivity (Wildman–Crippen MR) is 101 cm³/mol. The van der Waals surface area contributed by atoms with E-state index in [2.05, 4.69) is 15.3 Å². The van der Waals surface area contributed by atoms with Gasteiger partial charge in [0.25, 0.3) is 5.91 Å². The summed E-state index contributed by atoms with van der Waals surface area (Å²) in [5, 5.41) is 2.58. The van der Waals surface area contributed by atoms with Crippen molar-refractivity contribution in [2.75, 3.05) is 17.3 Å². The van der Waals surface area contributed by atoms with Crippen LogP contribution in [0.15, 0.2) is 60.7 Å². The number of amides is 1. The molecule has 0 radical (unpaired) electrons. The standard InChI is InChI=1S/C20H17F3N4O/c1-13-12-17(18(28)27(2)14-8-4-3-5-9-14)26-19(24-13)25-16-11-7-6-10-15(16)20(21,22)23/h3-12H,1-2H3,(H,24,25,26). The van der Waals surface area contributed by atoms with Gasteiger partial charge in [-0.1, -0.05) is 30.3 Å². The van der Waals surface area contributed by atoms with E-state index in [9.17, 15) is 18.0 Å². The first-order chi connectivity index (χ1) is 13.3. The number of aryl methyl sites for hydroxylation is 1. The fourth-order valence-corrected chi connectivity index (χ4v) is 2.63. The zero-order valence-electron chi connectivity index (χ0n) is 15.2. The first-order valence-corrected chi connectivity index (χ1v) is 8.38. The third-order valence-corrected chi connectivity index (χ3v) is 4.00. The highest BCUT2D eigenvalue weighted by molar-refractivity contribution is 6.04. The van der Waals surface area contributed by atoms with Crippen molar-refractivity contribution >= 4 is 23.2 Å². The molecule has 0 fully saturated rings. The Morgan fingerprint density at radius 1 is 1.00 bits per heavy atom. The molecule has 1 amide bonds. The van der Waals surface area contributed by atoms with Gasteiger partial charge in [-0.05, 0) is 37.3 Å². The fourth-order valence-electron chi connectivity index (χ4n) is 2.63. The molecule has 0 unspecified atom stereocenters. The summed E-state index contributed by atoms with van der Waals surface area (Å²) in [7, 11) is 1.60. The SMILES string of the molecule is Cc1cc(C(=O)N(C)c2ccccc2)nc(Nc2ccccc2C(F)(F)F)n1. The van der Waals surface area contributed by atoms with Crippen LogP contribution in [0.4, 0.5) is 30.5 Å². The number of rotatable bonds is 4. The molecule has 5 nitrogen and oxygen atoms in total. The summed E-state index contributed by atoms with van der Waals surface area (Å²) in [5.74, 6) is -0.481. The molecule has 144 valence electrons. The molecule has 0 bridgehead atoms. The molecule has 0 spiro atoms. The number of aromatic nitrogens is 2. The number of para-hydroxylation sites is 2. The number of carbonyl (C=O) groups excluding carboxylic acids is 1. The molecule has 3 rings (SSSR count). The van der Waals surface area contributed by atoms with E-state index >= 15 is 0 Å². The number of nitrogens with one attached hydrogen (secondary N) is 1. The number of nitrogens with zero attached hydrogens (tertiary/aromatic N) is 3. The lowest BCUT2D eigenvalue weighted by Crippen LogP contribution is -2.27. The highest BCUT2D eigenvalue weighted by Crippen LogP contribution is 2.35. The summed E-state index contributed by atoms with van der Waals surface area (Å²) in [6.07, 6.45) is -4.53. The van der Waals surface area contributed by atoms with Crippen molar-refractivity contribution in [2.45, 2.75) is 13.1 Å². The minimum Gasteiger partial charge on any atom is -0.324 e. The number of alkyl halides is 3. The monoisotopic (exact) mass is 386 g/mol. The van der Waals surface area contributed by atoms with Crippen molar-refractivity contribution in [3.63, 3.8) is 0 Å². The topological polar surface area (TPSA) is 58.1 Å². The van der Waals surface area contributed by atoms with Gasteiger partial charge in [0.15, 0.2) is 0 Å². The maximum absolute atomic E-state index is 13.2. The van der Waals surface area contributed by atoms with E-state index in [1.54, 1.807) is 38.2 Å². The zero-order valence-corrected chi connectivity index (χ0v) is 15.2. The second-order valence-corrected chi connectivity index (χ2v) is 6.09. The van der Waals surface area contributed by atoms with Crippen LogP contribution in [0.5, 0.6) is 0 Å². The van der Waals surface area contributed by atoms with E-state index in [0.29, 0.717) is 11.4 Å². The Hall–Kier alpha value is -3.42. The lowest BCUT2D eigenvalue weighted by Gasteiger charge is -2.18. The summed E-state index contributed by atoms with van der Waals surface area (Å²) < 4.78 is 39.6. The molecule has 0 aliphatic carbocycles. The third kappa shape index (κ3) is 4.28. The van der Waals surface area contributed by atoms with Crippen LogP contribution in [-0.2, 0) is 6.18 Å². The second-order valence-electron chi connectivity index (χ2n) is 6.09. The lowest BCUT2D eigenvalue weighted by atomic mass is 10.1. The third-order valence-electron chi connectivity index (χ3n) is 4.00. The Bertz CT molecular complexity index is 990. The van der Waals surface area contributed by atoms with Crippen LogP contribution >= 0.6 is 0 Å². The molecule has 3 aromatic rings. The fraction of sp³-hybridized carbons (Fsp3) is 0.150. The van der Waals surface area contributed by atoms with Crippen molar-refractivity contribution in [3.8, 4) is 0 Å². The summed E-state index contributed by atoms with van der Waals surface area (Å²) in [6, 6.07) is 15.5. The van der Waals surface area contributed by atoms with Gasteiger partial charge in [0, 0.05) is 18.4 Å². The number of anilines is 3. The Morgan fingerprint density at radius 2 is 1.64 bits per heavy atom. The molecule has 1 aromatic heterocycles. The van der Waals surface area contributed by atoms with Crippen LogP contribution < -0.4 is 10.2 Å². The molecule has 0 saturated carbocycles. The van der Waals surface area contributed by atoms with Crippen LogP contribution in [-0.4, -0.2) is 22.9 Å². The molecule has 2 aromatic carbocycles. The van der Waals surface area contributed by atoms with E-state index in [1.165, 1.54) is 29.2 Å². The lowest BCUT2D eigenvalue weighted by molar-refractivity contribution is -0.136. The van der Waals surface area contributed by atoms with Gasteiger partial charge in [0.05, 0.1) is 11.3 Å². The first-order valence-electron chi connectivity index (χ1n) is 8.38. The molecule has 28 heavy (non-hydrogen) atoms. The minimum atomic E-state index is -4.53. The predicted octanol–water partition coefficient (Wildman–Crippen LogP) is 4.82. The Labute approximate surface area is 159 Å². The molecule has 0 aliphatic rings. The highest BCUT2D eigenvalue weighted by atomic mass is 19.4. The summed E-state index contributed by atoms with van der Waals surface area (Å²) >= 11 is 0. The van der Waals surface area contributed by atoms with E-state index in [4.69, 9.17) is 0 Å². The summed E-state index contributed by atoms with van der Waals surface area (Å²) in [5.41, 5.74) is 0.170. The summed E-state index contributed by atoms with van der Waals surface area (Å²) in [4.78, 5) is 22.4. The number of halogens is 3. The molecule has 0 aliphatic heterocycles. The van der Waals surface area contributed by atoms with Crippen LogP contribution in [0.2, 0.25) is 0 Å². The number of hydrogen-bond donors (Lipinski definition) is 1. The van der Waals surface area contributed by atoms with Crippen LogP contribution in [0.3, 0.4) is 0 Å². The van der Waals surface area contributed by atoms with E-state index in [0.717, 1.165) is 6.07 Å². The molecule has 1 N–H and O–H groups in total. The maximum Gasteiger partial charge on any atom is 0.418 e. The van der Waals surface area contributed by atoms with E-state index in [-0.39, 0.29) is 17.3 Å². The average molecular weight is 386 g/mol. The average Bonchev–Trinajstić information content (AvgIpc) is 2.66. The number of benzene rings is 2. The van der Waals surface area contributed by atoms with Crippen molar-refractivity contribution in [3.05, 3.63) is 77.6 Å². The van der Waals surface area contributed by atoms with Gasteiger partial charge < -0.3 is 10.2 Å². The summed E-state index contributed by atoms with van der Waals surface area (Å²) in [6.45, 7) is 1.64. The Morgan fingerprint density at radius 3 is 2.32 bits per heavy atom. The number of hydrogen-bond acceptors (Lipinski definition) is 4. The molecule has 1 heterocycles. The van der Waals surface area contributed by atoms with Crippen LogP contribution in [0, 0.1) is 6.92 Å². The van der Waals surface area contributed by atoms with Gasteiger partial charge in [-0.25, -0.2) is 9.97 Å². The van der Waals surface area contributed by atoms with E-state index in [1.807, 2.05) is 6.07 Å². The van der Waals surface area contributed by atoms with Crippen LogP contribution in [0.25, 0.3) is 0 Å². The van der Waals surface area contributed by atoms with Gasteiger partial charge in [-0.3, -0.25) is 4.79 Å². The maximum atomic E-state index is 13.2. The van der Waals surface area contributed by atoms with Gasteiger partial charge >= 0.3 is 6.18 Å². The molecule has 8 heteroatoms. The van der Waals surface area contributed by atoms with Crippen LogP contribution in [0.1, 0.15) is 21.7 Å². The van der Waals surface area contributed by atoms with Crippen molar-refractivity contribution in [1.82, 2.24) is 9.97 Å². The normalized spacial score (nSPS) is 11.2. The van der Waals surface area contributed by atoms with Gasteiger partial charge in [-0.15, -0.1) is 0 Å². The smallest absolute Gasteiger partial charge is 0.324 e. The van der Waals surface area contributed by atoms with Gasteiger partial charge in [0.2, 0.25) is 5.95 Å². The highest BCUT2D eigenvalue weighted by Gasteiger charge is 2.33. The quantitative estimate of drug-likeness (QED) is 0.698. The molecular weight excluding hydrogens is 369 g/mol. The minimum absolute atomic E-state index is 0.0749. The van der Waals surface area contributed by atoms with Crippen molar-refractivity contribution in [2.24, 2.45) is 0 Å².